The molecule has 1 rings (SSSR count). The van der Waals surface area contributed by atoms with E-state index in [0.29, 0.717) is 0 Å². The molecule has 0 aliphatic heterocycles. The second-order valence-corrected chi connectivity index (χ2v) is 6.61. The summed E-state index contributed by atoms with van der Waals surface area (Å²) in [7, 11) is 0. The number of halogens is 1. The number of nitrogens with two attached hydrogens (primary N) is 1. The minimum absolute atomic E-state index is 0.130. The van der Waals surface area contributed by atoms with Gasteiger partial charge in [-0.3, -0.25) is 5.84 Å². The lowest BCUT2D eigenvalue weighted by Gasteiger charge is -2.12. The van der Waals surface area contributed by atoms with Crippen molar-refractivity contribution in [3.63, 3.8) is 0 Å². The van der Waals surface area contributed by atoms with E-state index >= 15 is 0 Å². The van der Waals surface area contributed by atoms with Crippen LogP contribution in [0.2, 0.25) is 0 Å². The number of rotatable bonds is 13. The van der Waals surface area contributed by atoms with Crippen LogP contribution < -0.4 is 11.3 Å². The Hall–Kier alpha value is -0.320. The highest BCUT2D eigenvalue weighted by atomic mass is 79.9. The Morgan fingerprint density at radius 3 is 2.05 bits per heavy atom. The largest absolute Gasteiger partial charge is 0.453 e. The minimum atomic E-state index is 0.130. The van der Waals surface area contributed by atoms with Gasteiger partial charge < -0.3 is 4.42 Å². The van der Waals surface area contributed by atoms with E-state index in [1.165, 1.54) is 64.2 Å². The van der Waals surface area contributed by atoms with Crippen LogP contribution in [0, 0.1) is 0 Å². The molecule has 21 heavy (non-hydrogen) atoms. The highest BCUT2D eigenvalue weighted by Gasteiger charge is 2.12. The number of hydrazine groups is 1. The molecule has 0 saturated heterocycles. The lowest BCUT2D eigenvalue weighted by molar-refractivity contribution is 0.380. The van der Waals surface area contributed by atoms with Gasteiger partial charge in [0.2, 0.25) is 0 Å². The van der Waals surface area contributed by atoms with E-state index in [-0.39, 0.29) is 6.04 Å². The van der Waals surface area contributed by atoms with E-state index in [2.05, 4.69) is 28.3 Å². The molecule has 0 spiro atoms. The average Bonchev–Trinajstić information content (AvgIpc) is 2.91. The Labute approximate surface area is 138 Å². The summed E-state index contributed by atoms with van der Waals surface area (Å²) in [5.74, 6) is 6.53. The smallest absolute Gasteiger partial charge is 0.169 e. The average molecular weight is 359 g/mol. The van der Waals surface area contributed by atoms with E-state index in [9.17, 15) is 0 Å². The molecule has 0 fully saturated rings. The maximum atomic E-state index is 5.61. The van der Waals surface area contributed by atoms with E-state index < -0.39 is 0 Å². The Morgan fingerprint density at radius 1 is 1.00 bits per heavy atom. The van der Waals surface area contributed by atoms with Gasteiger partial charge in [-0.2, -0.15) is 0 Å². The third-order valence-electron chi connectivity index (χ3n) is 3.98. The highest BCUT2D eigenvalue weighted by molar-refractivity contribution is 9.10. The van der Waals surface area contributed by atoms with Gasteiger partial charge in [0.1, 0.15) is 5.76 Å². The van der Waals surface area contributed by atoms with Crippen molar-refractivity contribution in [2.24, 2.45) is 5.84 Å². The quantitative estimate of drug-likeness (QED) is 0.264. The molecule has 3 N–H and O–H groups in total. The Balaban J connectivity index is 1.98. The summed E-state index contributed by atoms with van der Waals surface area (Å²) in [6.07, 6.45) is 14.6. The van der Waals surface area contributed by atoms with Crippen molar-refractivity contribution < 1.29 is 4.42 Å². The first-order valence-electron chi connectivity index (χ1n) is 8.49. The van der Waals surface area contributed by atoms with Gasteiger partial charge in [-0.1, -0.05) is 71.1 Å². The van der Waals surface area contributed by atoms with E-state index in [0.717, 1.165) is 16.9 Å². The van der Waals surface area contributed by atoms with Gasteiger partial charge in [0.05, 0.1) is 6.04 Å². The topological polar surface area (TPSA) is 51.2 Å². The molecule has 1 aromatic rings. The fourth-order valence-corrected chi connectivity index (χ4v) is 2.98. The summed E-state index contributed by atoms with van der Waals surface area (Å²) < 4.78 is 6.32. The molecule has 1 atom stereocenters. The zero-order chi connectivity index (χ0) is 15.3. The molecule has 0 saturated carbocycles. The van der Waals surface area contributed by atoms with Crippen LogP contribution in [-0.4, -0.2) is 0 Å². The van der Waals surface area contributed by atoms with Crippen LogP contribution in [0.15, 0.2) is 21.2 Å². The molecular formula is C17H31BrN2O. The predicted octanol–water partition coefficient (Wildman–Crippen LogP) is 5.86. The number of hydrogen-bond acceptors (Lipinski definition) is 3. The molecular weight excluding hydrogens is 328 g/mol. The van der Waals surface area contributed by atoms with Crippen LogP contribution >= 0.6 is 15.9 Å². The molecule has 0 aliphatic rings. The fourth-order valence-electron chi connectivity index (χ4n) is 2.66. The Bertz CT molecular complexity index is 354. The number of furan rings is 1. The van der Waals surface area contributed by atoms with Gasteiger partial charge in [0.25, 0.3) is 0 Å². The predicted molar refractivity (Wildman–Crippen MR) is 92.9 cm³/mol. The normalized spacial score (nSPS) is 12.7. The summed E-state index contributed by atoms with van der Waals surface area (Å²) >= 11 is 3.33. The van der Waals surface area contributed by atoms with Crippen molar-refractivity contribution in [3.05, 3.63) is 22.6 Å². The van der Waals surface area contributed by atoms with Crippen molar-refractivity contribution in [1.29, 1.82) is 0 Å². The van der Waals surface area contributed by atoms with Crippen molar-refractivity contribution in [1.82, 2.24) is 5.43 Å². The Morgan fingerprint density at radius 2 is 1.57 bits per heavy atom. The molecule has 0 amide bonds. The standard InChI is InChI=1S/C17H31BrN2O/c1-2-3-4-5-6-7-8-9-10-11-12-15(20-19)16-13-14-17(18)21-16/h13-15,20H,2-12,19H2,1H3. The first kappa shape index (κ1) is 18.7. The summed E-state index contributed by atoms with van der Waals surface area (Å²) in [5, 5.41) is 0. The summed E-state index contributed by atoms with van der Waals surface area (Å²) in [6, 6.07) is 4.02. The molecule has 0 aliphatic carbocycles. The highest BCUT2D eigenvalue weighted by Crippen LogP contribution is 2.24. The van der Waals surface area contributed by atoms with Gasteiger partial charge in [-0.05, 0) is 34.5 Å². The van der Waals surface area contributed by atoms with Gasteiger partial charge >= 0.3 is 0 Å². The molecule has 0 bridgehead atoms. The summed E-state index contributed by atoms with van der Waals surface area (Å²) in [6.45, 7) is 2.27. The third-order valence-corrected chi connectivity index (χ3v) is 4.41. The second kappa shape index (κ2) is 12.2. The monoisotopic (exact) mass is 358 g/mol. The lowest BCUT2D eigenvalue weighted by atomic mass is 10.0. The molecule has 1 aromatic heterocycles. The Kier molecular flexibility index (Phi) is 10.9. The molecule has 1 unspecified atom stereocenters. The molecule has 3 nitrogen and oxygen atoms in total. The van der Waals surface area contributed by atoms with Gasteiger partial charge in [-0.15, -0.1) is 0 Å². The maximum absolute atomic E-state index is 5.61. The van der Waals surface area contributed by atoms with Crippen LogP contribution in [0.4, 0.5) is 0 Å². The molecule has 0 radical (unpaired) electrons. The fraction of sp³-hybridized carbons (Fsp3) is 0.765. The maximum Gasteiger partial charge on any atom is 0.169 e. The number of hydrogen-bond donors (Lipinski definition) is 2. The first-order valence-corrected chi connectivity index (χ1v) is 9.28. The zero-order valence-electron chi connectivity index (χ0n) is 13.4. The summed E-state index contributed by atoms with van der Waals surface area (Å²) in [5.41, 5.74) is 2.85. The van der Waals surface area contributed by atoms with Gasteiger partial charge in [-0.25, -0.2) is 5.43 Å². The van der Waals surface area contributed by atoms with Crippen LogP contribution in [0.5, 0.6) is 0 Å². The molecule has 0 aromatic carbocycles. The lowest BCUT2D eigenvalue weighted by Crippen LogP contribution is -2.27. The molecule has 122 valence electrons. The molecule has 4 heteroatoms. The SMILES string of the molecule is CCCCCCCCCCCCC(NN)c1ccc(Br)o1. The molecule has 1 heterocycles. The van der Waals surface area contributed by atoms with E-state index in [1.54, 1.807) is 0 Å². The van der Waals surface area contributed by atoms with E-state index in [1.807, 2.05) is 12.1 Å². The first-order chi connectivity index (χ1) is 10.3. The van der Waals surface area contributed by atoms with Crippen molar-refractivity contribution in [2.45, 2.75) is 83.6 Å². The van der Waals surface area contributed by atoms with E-state index in [4.69, 9.17) is 10.3 Å². The van der Waals surface area contributed by atoms with Crippen LogP contribution in [0.3, 0.4) is 0 Å². The van der Waals surface area contributed by atoms with Crippen molar-refractivity contribution in [3.8, 4) is 0 Å². The minimum Gasteiger partial charge on any atom is -0.453 e. The zero-order valence-corrected chi connectivity index (χ0v) is 15.0. The number of unbranched alkanes of at least 4 members (excludes halogenated alkanes) is 9. The van der Waals surface area contributed by atoms with Gasteiger partial charge in [0.15, 0.2) is 4.67 Å². The second-order valence-electron chi connectivity index (χ2n) is 5.83. The van der Waals surface area contributed by atoms with Crippen molar-refractivity contribution in [2.75, 3.05) is 0 Å². The van der Waals surface area contributed by atoms with Crippen LogP contribution in [0.25, 0.3) is 0 Å². The van der Waals surface area contributed by atoms with Crippen LogP contribution in [0.1, 0.15) is 89.4 Å². The van der Waals surface area contributed by atoms with Gasteiger partial charge in [0, 0.05) is 0 Å². The van der Waals surface area contributed by atoms with Crippen LogP contribution in [-0.2, 0) is 0 Å². The summed E-state index contributed by atoms with van der Waals surface area (Å²) in [4.78, 5) is 0. The number of nitrogens with one attached hydrogen (secondary N) is 1. The van der Waals surface area contributed by atoms with Crippen molar-refractivity contribution >= 4 is 15.9 Å². The third kappa shape index (κ3) is 8.64.